The van der Waals surface area contributed by atoms with Gasteiger partial charge in [0.15, 0.2) is 0 Å². The number of rotatable bonds is 2. The van der Waals surface area contributed by atoms with E-state index >= 15 is 0 Å². The second-order valence-corrected chi connectivity index (χ2v) is 7.93. The molecule has 2 saturated carbocycles. The molecule has 0 bridgehead atoms. The van der Waals surface area contributed by atoms with Gasteiger partial charge >= 0.3 is 0 Å². The summed E-state index contributed by atoms with van der Waals surface area (Å²) in [4.78, 5) is 0. The highest BCUT2D eigenvalue weighted by atomic mass is 16.5. The quantitative estimate of drug-likeness (QED) is 0.880. The number of hydrogen-bond donors (Lipinski definition) is 2. The Bertz CT molecular complexity index is 597. The van der Waals surface area contributed by atoms with Crippen LogP contribution in [0.1, 0.15) is 56.1 Å². The molecule has 0 heterocycles. The number of benzene rings is 1. The third-order valence-electron chi connectivity index (χ3n) is 7.11. The Morgan fingerprint density at radius 2 is 2.00 bits per heavy atom. The molecule has 1 aromatic rings. The molecule has 23 heavy (non-hydrogen) atoms. The molecule has 2 fully saturated rings. The van der Waals surface area contributed by atoms with Crippen molar-refractivity contribution in [2.24, 2.45) is 17.8 Å². The van der Waals surface area contributed by atoms with Crippen LogP contribution in [0.2, 0.25) is 0 Å². The standard InChI is InChI=1S/C20H28O3/c1-12(21)20(22)10-9-18-17-5-3-13-11-14(23-2)4-6-15(13)16(17)7-8-19(18)20/h4,6,11-12,16-19,21-22H,3,5,7-10H2,1-2H3/t12?,16?,17?,18?,19?,20-/m0/s1. The summed E-state index contributed by atoms with van der Waals surface area (Å²) in [5, 5.41) is 21.0. The van der Waals surface area contributed by atoms with E-state index in [1.54, 1.807) is 14.0 Å². The maximum Gasteiger partial charge on any atom is 0.119 e. The van der Waals surface area contributed by atoms with Gasteiger partial charge in [-0.2, -0.15) is 0 Å². The van der Waals surface area contributed by atoms with Gasteiger partial charge in [0.1, 0.15) is 5.75 Å². The van der Waals surface area contributed by atoms with Crippen LogP contribution in [0.5, 0.6) is 5.75 Å². The number of aliphatic hydroxyl groups excluding tert-OH is 1. The van der Waals surface area contributed by atoms with Crippen molar-refractivity contribution in [1.82, 2.24) is 0 Å². The van der Waals surface area contributed by atoms with E-state index in [0.29, 0.717) is 17.8 Å². The molecule has 5 unspecified atom stereocenters. The molecular formula is C20H28O3. The van der Waals surface area contributed by atoms with Gasteiger partial charge in [-0.25, -0.2) is 0 Å². The Kier molecular flexibility index (Phi) is 3.69. The van der Waals surface area contributed by atoms with E-state index in [2.05, 4.69) is 18.2 Å². The molecule has 2 N–H and O–H groups in total. The molecule has 0 amide bonds. The fourth-order valence-electron chi connectivity index (χ4n) is 5.93. The van der Waals surface area contributed by atoms with Gasteiger partial charge in [-0.3, -0.25) is 0 Å². The van der Waals surface area contributed by atoms with E-state index in [-0.39, 0.29) is 5.92 Å². The maximum absolute atomic E-state index is 11.0. The highest BCUT2D eigenvalue weighted by molar-refractivity contribution is 5.40. The summed E-state index contributed by atoms with van der Waals surface area (Å²) in [6, 6.07) is 6.56. The summed E-state index contributed by atoms with van der Waals surface area (Å²) in [6.45, 7) is 1.76. The zero-order valence-corrected chi connectivity index (χ0v) is 14.2. The highest BCUT2D eigenvalue weighted by Gasteiger charge is 2.55. The fraction of sp³-hybridized carbons (Fsp3) is 0.700. The summed E-state index contributed by atoms with van der Waals surface area (Å²) in [7, 11) is 1.73. The topological polar surface area (TPSA) is 49.7 Å². The summed E-state index contributed by atoms with van der Waals surface area (Å²) >= 11 is 0. The first kappa shape index (κ1) is 15.5. The van der Waals surface area contributed by atoms with Crippen molar-refractivity contribution in [3.8, 4) is 5.75 Å². The van der Waals surface area contributed by atoms with E-state index in [1.165, 1.54) is 17.5 Å². The van der Waals surface area contributed by atoms with Crippen LogP contribution in [0.3, 0.4) is 0 Å². The van der Waals surface area contributed by atoms with Gasteiger partial charge in [0, 0.05) is 0 Å². The Morgan fingerprint density at radius 1 is 1.17 bits per heavy atom. The minimum Gasteiger partial charge on any atom is -0.497 e. The Labute approximate surface area is 138 Å². The van der Waals surface area contributed by atoms with Crippen molar-refractivity contribution in [1.29, 1.82) is 0 Å². The van der Waals surface area contributed by atoms with Crippen LogP contribution in [-0.4, -0.2) is 29.0 Å². The van der Waals surface area contributed by atoms with Crippen molar-refractivity contribution in [2.75, 3.05) is 7.11 Å². The number of fused-ring (bicyclic) bond motifs is 5. The number of aliphatic hydroxyl groups is 2. The normalized spacial score (nSPS) is 40.0. The van der Waals surface area contributed by atoms with Gasteiger partial charge in [-0.05, 0) is 92.4 Å². The smallest absolute Gasteiger partial charge is 0.119 e. The molecule has 6 atom stereocenters. The number of methoxy groups -OCH3 is 1. The van der Waals surface area contributed by atoms with E-state index in [4.69, 9.17) is 4.74 Å². The van der Waals surface area contributed by atoms with Gasteiger partial charge in [-0.1, -0.05) is 6.07 Å². The molecule has 0 radical (unpaired) electrons. The molecule has 0 spiro atoms. The Morgan fingerprint density at radius 3 is 2.74 bits per heavy atom. The van der Waals surface area contributed by atoms with E-state index in [1.807, 2.05) is 0 Å². The second kappa shape index (κ2) is 5.49. The highest BCUT2D eigenvalue weighted by Crippen LogP contribution is 2.58. The van der Waals surface area contributed by atoms with Gasteiger partial charge in [0.05, 0.1) is 18.8 Å². The number of hydrogen-bond acceptors (Lipinski definition) is 3. The molecule has 3 heteroatoms. The number of aryl methyl sites for hydroxylation is 1. The lowest BCUT2D eigenvalue weighted by molar-refractivity contribution is -0.111. The maximum atomic E-state index is 11.0. The second-order valence-electron chi connectivity index (χ2n) is 7.93. The lowest BCUT2D eigenvalue weighted by Crippen LogP contribution is -2.48. The largest absolute Gasteiger partial charge is 0.497 e. The Hall–Kier alpha value is -1.06. The number of ether oxygens (including phenoxy) is 1. The summed E-state index contributed by atoms with van der Waals surface area (Å²) in [6.07, 6.45) is 5.72. The predicted octanol–water partition coefficient (Wildman–Crippen LogP) is 3.27. The fourth-order valence-corrected chi connectivity index (χ4v) is 5.93. The Balaban J connectivity index is 1.63. The van der Waals surface area contributed by atoms with E-state index in [0.717, 1.165) is 37.9 Å². The van der Waals surface area contributed by atoms with Crippen LogP contribution < -0.4 is 4.74 Å². The van der Waals surface area contributed by atoms with E-state index in [9.17, 15) is 10.2 Å². The minimum atomic E-state index is -0.851. The minimum absolute atomic E-state index is 0.281. The SMILES string of the molecule is COc1ccc2c(c1)CCC1C2CCC2C1CC[C@]2(O)C(C)O. The van der Waals surface area contributed by atoms with Crippen LogP contribution in [0.15, 0.2) is 18.2 Å². The molecular weight excluding hydrogens is 288 g/mol. The summed E-state index contributed by atoms with van der Waals surface area (Å²) < 4.78 is 5.38. The van der Waals surface area contributed by atoms with Crippen LogP contribution in [0.4, 0.5) is 0 Å². The predicted molar refractivity (Wildman–Crippen MR) is 89.6 cm³/mol. The molecule has 1 aromatic carbocycles. The van der Waals surface area contributed by atoms with Gasteiger partial charge in [0.25, 0.3) is 0 Å². The van der Waals surface area contributed by atoms with Crippen LogP contribution in [0.25, 0.3) is 0 Å². The molecule has 4 rings (SSSR count). The monoisotopic (exact) mass is 316 g/mol. The van der Waals surface area contributed by atoms with Crippen molar-refractivity contribution in [2.45, 2.75) is 63.1 Å². The molecule has 3 aliphatic rings. The first-order valence-corrected chi connectivity index (χ1v) is 9.12. The zero-order valence-electron chi connectivity index (χ0n) is 14.2. The van der Waals surface area contributed by atoms with Gasteiger partial charge in [0.2, 0.25) is 0 Å². The van der Waals surface area contributed by atoms with Crippen LogP contribution in [0, 0.1) is 17.8 Å². The van der Waals surface area contributed by atoms with Gasteiger partial charge in [-0.15, -0.1) is 0 Å². The van der Waals surface area contributed by atoms with Crippen molar-refractivity contribution < 1.29 is 14.9 Å². The van der Waals surface area contributed by atoms with Crippen molar-refractivity contribution in [3.05, 3.63) is 29.3 Å². The first-order chi connectivity index (χ1) is 11.0. The lowest BCUT2D eigenvalue weighted by atomic mass is 9.59. The lowest BCUT2D eigenvalue weighted by Gasteiger charge is -2.47. The molecule has 0 aromatic heterocycles. The third kappa shape index (κ3) is 2.24. The van der Waals surface area contributed by atoms with Crippen LogP contribution in [-0.2, 0) is 6.42 Å². The average molecular weight is 316 g/mol. The van der Waals surface area contributed by atoms with Crippen LogP contribution >= 0.6 is 0 Å². The zero-order chi connectivity index (χ0) is 16.2. The van der Waals surface area contributed by atoms with Crippen molar-refractivity contribution >= 4 is 0 Å². The molecule has 0 saturated heterocycles. The first-order valence-electron chi connectivity index (χ1n) is 9.12. The van der Waals surface area contributed by atoms with Crippen molar-refractivity contribution in [3.63, 3.8) is 0 Å². The summed E-state index contributed by atoms with van der Waals surface area (Å²) in [5.41, 5.74) is 2.11. The third-order valence-corrected chi connectivity index (χ3v) is 7.11. The summed E-state index contributed by atoms with van der Waals surface area (Å²) in [5.74, 6) is 3.11. The van der Waals surface area contributed by atoms with Gasteiger partial charge < -0.3 is 14.9 Å². The average Bonchev–Trinajstić information content (AvgIpc) is 2.93. The molecule has 0 aliphatic heterocycles. The molecule has 3 aliphatic carbocycles. The van der Waals surface area contributed by atoms with E-state index < -0.39 is 11.7 Å². The molecule has 3 nitrogen and oxygen atoms in total. The molecule has 126 valence electrons.